The predicted octanol–water partition coefficient (Wildman–Crippen LogP) is 3.93. The average Bonchev–Trinajstić information content (AvgIpc) is 3.28. The van der Waals surface area contributed by atoms with E-state index in [4.69, 9.17) is 0 Å². The number of carbonyl (C=O) groups is 1. The molecule has 1 aromatic carbocycles. The summed E-state index contributed by atoms with van der Waals surface area (Å²) in [6, 6.07) is 3.75. The molecule has 0 bridgehead atoms. The molecule has 1 aromatic heterocycles. The molecule has 146 valence electrons. The molecule has 1 N–H and O–H groups in total. The van der Waals surface area contributed by atoms with Gasteiger partial charge in [-0.25, -0.2) is 18.6 Å². The quantitative estimate of drug-likeness (QED) is 0.830. The van der Waals surface area contributed by atoms with Crippen molar-refractivity contribution in [3.8, 4) is 0 Å². The molecule has 0 saturated heterocycles. The molecule has 1 aliphatic rings. The molecular formula is C20H26F2N4O. The predicted molar refractivity (Wildman–Crippen MR) is 99.1 cm³/mol. The summed E-state index contributed by atoms with van der Waals surface area (Å²) in [5, 5.41) is 3.01. The average molecular weight is 376 g/mol. The standard InChI is InChI=1S/C20H26F2N4O/c1-20(2,3)24-19(27)26(11-14-4-5-14)13-18-23-8-9-25(18)12-15-6-7-16(21)17(22)10-15/h6-10,14H,4-5,11-13H2,1-3H3,(H,24,27). The van der Waals surface area contributed by atoms with E-state index in [1.165, 1.54) is 6.07 Å². The molecule has 0 aliphatic heterocycles. The lowest BCUT2D eigenvalue weighted by atomic mass is 10.1. The highest BCUT2D eigenvalue weighted by Gasteiger charge is 2.29. The molecule has 1 saturated carbocycles. The molecule has 2 aromatic rings. The Morgan fingerprint density at radius 2 is 2.04 bits per heavy atom. The number of urea groups is 1. The fraction of sp³-hybridized carbons (Fsp3) is 0.500. The Balaban J connectivity index is 1.73. The van der Waals surface area contributed by atoms with Crippen LogP contribution in [0, 0.1) is 17.6 Å². The van der Waals surface area contributed by atoms with Gasteiger partial charge in [-0.05, 0) is 57.2 Å². The summed E-state index contributed by atoms with van der Waals surface area (Å²) in [5.74, 6) is -0.470. The van der Waals surface area contributed by atoms with Gasteiger partial charge >= 0.3 is 6.03 Å². The Bertz CT molecular complexity index is 809. The van der Waals surface area contributed by atoms with E-state index >= 15 is 0 Å². The highest BCUT2D eigenvalue weighted by Crippen LogP contribution is 2.30. The SMILES string of the molecule is CC(C)(C)NC(=O)N(Cc1nccn1Cc1ccc(F)c(F)c1)CC1CC1. The number of hydrogen-bond donors (Lipinski definition) is 1. The fourth-order valence-corrected chi connectivity index (χ4v) is 2.87. The third-order valence-electron chi connectivity index (χ3n) is 4.42. The Morgan fingerprint density at radius 3 is 2.67 bits per heavy atom. The van der Waals surface area contributed by atoms with Gasteiger partial charge in [0.2, 0.25) is 0 Å². The monoisotopic (exact) mass is 376 g/mol. The molecule has 1 aliphatic carbocycles. The van der Waals surface area contributed by atoms with Crippen LogP contribution in [-0.4, -0.2) is 32.6 Å². The van der Waals surface area contributed by atoms with Crippen molar-refractivity contribution in [2.45, 2.75) is 52.2 Å². The molecule has 0 unspecified atom stereocenters. The molecule has 5 nitrogen and oxygen atoms in total. The Labute approximate surface area is 158 Å². The molecular weight excluding hydrogens is 350 g/mol. The fourth-order valence-electron chi connectivity index (χ4n) is 2.87. The van der Waals surface area contributed by atoms with E-state index in [0.717, 1.165) is 18.9 Å². The minimum Gasteiger partial charge on any atom is -0.333 e. The summed E-state index contributed by atoms with van der Waals surface area (Å²) in [7, 11) is 0. The lowest BCUT2D eigenvalue weighted by molar-refractivity contribution is 0.181. The number of amides is 2. The van der Waals surface area contributed by atoms with Crippen LogP contribution < -0.4 is 5.32 Å². The van der Waals surface area contributed by atoms with E-state index in [-0.39, 0.29) is 11.6 Å². The first kappa shape index (κ1) is 19.3. The van der Waals surface area contributed by atoms with Crippen molar-refractivity contribution in [1.29, 1.82) is 0 Å². The molecule has 1 fully saturated rings. The van der Waals surface area contributed by atoms with Crippen LogP contribution in [0.2, 0.25) is 0 Å². The maximum Gasteiger partial charge on any atom is 0.318 e. The lowest BCUT2D eigenvalue weighted by Gasteiger charge is -2.28. The van der Waals surface area contributed by atoms with E-state index < -0.39 is 11.6 Å². The van der Waals surface area contributed by atoms with Crippen LogP contribution in [0.3, 0.4) is 0 Å². The summed E-state index contributed by atoms with van der Waals surface area (Å²) in [4.78, 5) is 18.8. The van der Waals surface area contributed by atoms with Gasteiger partial charge in [-0.1, -0.05) is 6.07 Å². The van der Waals surface area contributed by atoms with Gasteiger partial charge in [-0.3, -0.25) is 0 Å². The van der Waals surface area contributed by atoms with Gasteiger partial charge in [-0.15, -0.1) is 0 Å². The summed E-state index contributed by atoms with van der Waals surface area (Å²) in [6.07, 6.45) is 5.73. The minimum atomic E-state index is -0.867. The second-order valence-electron chi connectivity index (χ2n) is 8.22. The van der Waals surface area contributed by atoms with Crippen LogP contribution in [0.1, 0.15) is 45.0 Å². The summed E-state index contributed by atoms with van der Waals surface area (Å²) >= 11 is 0. The van der Waals surface area contributed by atoms with Gasteiger partial charge in [0.1, 0.15) is 5.82 Å². The van der Waals surface area contributed by atoms with Gasteiger partial charge in [0.05, 0.1) is 6.54 Å². The van der Waals surface area contributed by atoms with Crippen molar-refractivity contribution in [2.75, 3.05) is 6.54 Å². The van der Waals surface area contributed by atoms with Crippen molar-refractivity contribution >= 4 is 6.03 Å². The maximum absolute atomic E-state index is 13.5. The normalized spacial score (nSPS) is 14.3. The van der Waals surface area contributed by atoms with Crippen molar-refractivity contribution in [2.24, 2.45) is 5.92 Å². The number of benzene rings is 1. The van der Waals surface area contributed by atoms with Gasteiger partial charge in [-0.2, -0.15) is 0 Å². The number of halogens is 2. The molecule has 2 amide bonds. The Hall–Kier alpha value is -2.44. The van der Waals surface area contributed by atoms with Crippen LogP contribution in [0.5, 0.6) is 0 Å². The minimum absolute atomic E-state index is 0.114. The summed E-state index contributed by atoms with van der Waals surface area (Å²) < 4.78 is 28.5. The molecule has 0 radical (unpaired) electrons. The topological polar surface area (TPSA) is 50.2 Å². The van der Waals surface area contributed by atoms with Crippen molar-refractivity contribution < 1.29 is 13.6 Å². The lowest BCUT2D eigenvalue weighted by Crippen LogP contribution is -2.49. The Kier molecular flexibility index (Phi) is 5.48. The molecule has 3 rings (SSSR count). The molecule has 1 heterocycles. The number of nitrogens with one attached hydrogen (secondary N) is 1. The largest absolute Gasteiger partial charge is 0.333 e. The van der Waals surface area contributed by atoms with Crippen molar-refractivity contribution in [3.05, 3.63) is 53.6 Å². The highest BCUT2D eigenvalue weighted by atomic mass is 19.2. The first-order valence-corrected chi connectivity index (χ1v) is 9.22. The maximum atomic E-state index is 13.5. The third kappa shape index (κ3) is 5.52. The van der Waals surface area contributed by atoms with Crippen LogP contribution in [-0.2, 0) is 13.1 Å². The second-order valence-corrected chi connectivity index (χ2v) is 8.22. The molecule has 7 heteroatoms. The van der Waals surface area contributed by atoms with E-state index in [1.807, 2.05) is 25.3 Å². The molecule has 0 atom stereocenters. The zero-order chi connectivity index (χ0) is 19.6. The van der Waals surface area contributed by atoms with Crippen molar-refractivity contribution in [3.63, 3.8) is 0 Å². The van der Waals surface area contributed by atoms with Crippen LogP contribution in [0.15, 0.2) is 30.6 Å². The van der Waals surface area contributed by atoms with E-state index in [2.05, 4.69) is 10.3 Å². The first-order chi connectivity index (χ1) is 12.7. The van der Waals surface area contributed by atoms with Crippen LogP contribution >= 0.6 is 0 Å². The number of nitrogens with zero attached hydrogens (tertiary/aromatic N) is 3. The number of hydrogen-bond acceptors (Lipinski definition) is 2. The van der Waals surface area contributed by atoms with E-state index in [9.17, 15) is 13.6 Å². The van der Waals surface area contributed by atoms with Gasteiger partial charge in [0.15, 0.2) is 11.6 Å². The van der Waals surface area contributed by atoms with Crippen molar-refractivity contribution in [1.82, 2.24) is 19.8 Å². The number of carbonyl (C=O) groups excluding carboxylic acids is 1. The number of aromatic nitrogens is 2. The first-order valence-electron chi connectivity index (χ1n) is 9.22. The van der Waals surface area contributed by atoms with Crippen LogP contribution in [0.25, 0.3) is 0 Å². The Morgan fingerprint density at radius 1 is 1.30 bits per heavy atom. The van der Waals surface area contributed by atoms with Gasteiger partial charge in [0.25, 0.3) is 0 Å². The molecule has 0 spiro atoms. The summed E-state index contributed by atoms with van der Waals surface area (Å²) in [6.45, 7) is 7.28. The zero-order valence-corrected chi connectivity index (χ0v) is 16.0. The number of imidazole rings is 1. The van der Waals surface area contributed by atoms with Crippen LogP contribution in [0.4, 0.5) is 13.6 Å². The number of rotatable bonds is 6. The van der Waals surface area contributed by atoms with E-state index in [0.29, 0.717) is 36.9 Å². The third-order valence-corrected chi connectivity index (χ3v) is 4.42. The smallest absolute Gasteiger partial charge is 0.318 e. The zero-order valence-electron chi connectivity index (χ0n) is 16.0. The molecule has 27 heavy (non-hydrogen) atoms. The second kappa shape index (κ2) is 7.66. The summed E-state index contributed by atoms with van der Waals surface area (Å²) in [5.41, 5.74) is 0.320. The van der Waals surface area contributed by atoms with Gasteiger partial charge < -0.3 is 14.8 Å². The highest BCUT2D eigenvalue weighted by molar-refractivity contribution is 5.74. The van der Waals surface area contributed by atoms with E-state index in [1.54, 1.807) is 23.4 Å². The van der Waals surface area contributed by atoms with Gasteiger partial charge in [0, 0.05) is 31.0 Å².